The van der Waals surface area contributed by atoms with Crippen LogP contribution in [0.15, 0.2) is 0 Å². The lowest BCUT2D eigenvalue weighted by Gasteiger charge is -2.17. The van der Waals surface area contributed by atoms with Crippen LogP contribution in [-0.4, -0.2) is 18.5 Å². The van der Waals surface area contributed by atoms with Gasteiger partial charge >= 0.3 is 0 Å². The van der Waals surface area contributed by atoms with E-state index >= 15 is 0 Å². The monoisotopic (exact) mass is 170 g/mol. The average molecular weight is 170 g/mol. The highest BCUT2D eigenvalue weighted by Gasteiger charge is 2.31. The topological polar surface area (TPSA) is 55.1 Å². The van der Waals surface area contributed by atoms with Crippen LogP contribution in [0, 0.1) is 5.41 Å². The quantitative estimate of drug-likeness (QED) is 0.639. The summed E-state index contributed by atoms with van der Waals surface area (Å²) in [7, 11) is 0. The Bertz CT molecular complexity index is 177. The molecule has 1 aliphatic rings. The van der Waals surface area contributed by atoms with Gasteiger partial charge < -0.3 is 11.1 Å². The standard InChI is InChI=1S/C9H18N2O/c1-9(2)4-3-7(5-9)11-8(12)6-10/h7H,3-6,10H2,1-2H3,(H,11,12). The van der Waals surface area contributed by atoms with Gasteiger partial charge in [-0.1, -0.05) is 13.8 Å². The van der Waals surface area contributed by atoms with Crippen LogP contribution in [0.2, 0.25) is 0 Å². The van der Waals surface area contributed by atoms with E-state index in [9.17, 15) is 4.79 Å². The number of carbonyl (C=O) groups excluding carboxylic acids is 1. The molecule has 0 heterocycles. The number of nitrogens with two attached hydrogens (primary N) is 1. The molecule has 3 heteroatoms. The van der Waals surface area contributed by atoms with Crippen molar-refractivity contribution in [1.82, 2.24) is 5.32 Å². The molecular weight excluding hydrogens is 152 g/mol. The molecule has 3 nitrogen and oxygen atoms in total. The molecule has 12 heavy (non-hydrogen) atoms. The van der Waals surface area contributed by atoms with Crippen LogP contribution in [-0.2, 0) is 4.79 Å². The van der Waals surface area contributed by atoms with Crippen molar-refractivity contribution in [2.45, 2.75) is 39.2 Å². The van der Waals surface area contributed by atoms with Gasteiger partial charge in [-0.3, -0.25) is 4.79 Å². The first-order valence-electron chi connectivity index (χ1n) is 4.53. The fourth-order valence-electron chi connectivity index (χ4n) is 1.85. The van der Waals surface area contributed by atoms with E-state index in [2.05, 4.69) is 19.2 Å². The second kappa shape index (κ2) is 3.44. The molecule has 1 amide bonds. The predicted molar refractivity (Wildman–Crippen MR) is 48.6 cm³/mol. The maximum absolute atomic E-state index is 10.9. The van der Waals surface area contributed by atoms with Gasteiger partial charge in [-0.25, -0.2) is 0 Å². The number of nitrogens with one attached hydrogen (secondary N) is 1. The van der Waals surface area contributed by atoms with Crippen LogP contribution >= 0.6 is 0 Å². The summed E-state index contributed by atoms with van der Waals surface area (Å²) in [6.07, 6.45) is 3.37. The first-order chi connectivity index (χ1) is 5.53. The number of hydrogen-bond acceptors (Lipinski definition) is 2. The molecule has 1 unspecified atom stereocenters. The van der Waals surface area contributed by atoms with E-state index in [1.54, 1.807) is 0 Å². The molecule has 1 atom stereocenters. The van der Waals surface area contributed by atoms with E-state index < -0.39 is 0 Å². The largest absolute Gasteiger partial charge is 0.352 e. The van der Waals surface area contributed by atoms with Crippen molar-refractivity contribution in [2.75, 3.05) is 6.54 Å². The first kappa shape index (κ1) is 9.52. The van der Waals surface area contributed by atoms with Crippen molar-refractivity contribution in [3.05, 3.63) is 0 Å². The molecule has 0 aromatic rings. The van der Waals surface area contributed by atoms with Gasteiger partial charge in [0.25, 0.3) is 0 Å². The van der Waals surface area contributed by atoms with Gasteiger partial charge in [-0.05, 0) is 24.7 Å². The molecule has 1 aliphatic carbocycles. The predicted octanol–water partition coefficient (Wildman–Crippen LogP) is 0.640. The molecule has 0 radical (unpaired) electrons. The molecule has 0 aromatic carbocycles. The van der Waals surface area contributed by atoms with E-state index in [4.69, 9.17) is 5.73 Å². The first-order valence-corrected chi connectivity index (χ1v) is 4.53. The van der Waals surface area contributed by atoms with Gasteiger partial charge in [0.2, 0.25) is 5.91 Å². The minimum Gasteiger partial charge on any atom is -0.352 e. The summed E-state index contributed by atoms with van der Waals surface area (Å²) in [4.78, 5) is 10.9. The van der Waals surface area contributed by atoms with Gasteiger partial charge in [0, 0.05) is 6.04 Å². The molecule has 0 saturated heterocycles. The maximum Gasteiger partial charge on any atom is 0.233 e. The number of rotatable bonds is 2. The van der Waals surface area contributed by atoms with E-state index in [-0.39, 0.29) is 12.5 Å². The van der Waals surface area contributed by atoms with Crippen LogP contribution in [0.5, 0.6) is 0 Å². The summed E-state index contributed by atoms with van der Waals surface area (Å²) in [6, 6.07) is 0.357. The molecular formula is C9H18N2O. The Balaban J connectivity index is 2.33. The summed E-state index contributed by atoms with van der Waals surface area (Å²) in [5.74, 6) is -0.0299. The van der Waals surface area contributed by atoms with E-state index in [0.29, 0.717) is 11.5 Å². The highest BCUT2D eigenvalue weighted by Crippen LogP contribution is 2.36. The lowest BCUT2D eigenvalue weighted by molar-refractivity contribution is -0.120. The normalized spacial score (nSPS) is 27.1. The fourth-order valence-corrected chi connectivity index (χ4v) is 1.85. The second-order valence-corrected chi connectivity index (χ2v) is 4.38. The zero-order chi connectivity index (χ0) is 9.19. The zero-order valence-corrected chi connectivity index (χ0v) is 7.89. The zero-order valence-electron chi connectivity index (χ0n) is 7.89. The van der Waals surface area contributed by atoms with Crippen molar-refractivity contribution in [1.29, 1.82) is 0 Å². The third-order valence-electron chi connectivity index (χ3n) is 2.52. The van der Waals surface area contributed by atoms with Gasteiger partial charge in [0.05, 0.1) is 6.54 Å². The number of carbonyl (C=O) groups is 1. The van der Waals surface area contributed by atoms with Crippen LogP contribution in [0.25, 0.3) is 0 Å². The summed E-state index contributed by atoms with van der Waals surface area (Å²) in [5, 5.41) is 2.92. The van der Waals surface area contributed by atoms with E-state index in [1.165, 1.54) is 6.42 Å². The summed E-state index contributed by atoms with van der Waals surface area (Å²) in [6.45, 7) is 4.58. The minimum atomic E-state index is -0.0299. The van der Waals surface area contributed by atoms with Crippen LogP contribution < -0.4 is 11.1 Å². The molecule has 1 rings (SSSR count). The van der Waals surface area contributed by atoms with Crippen molar-refractivity contribution in [3.63, 3.8) is 0 Å². The van der Waals surface area contributed by atoms with Crippen LogP contribution in [0.4, 0.5) is 0 Å². The van der Waals surface area contributed by atoms with Crippen molar-refractivity contribution >= 4 is 5.91 Å². The summed E-state index contributed by atoms with van der Waals surface area (Å²) >= 11 is 0. The molecule has 0 spiro atoms. The maximum atomic E-state index is 10.9. The third-order valence-corrected chi connectivity index (χ3v) is 2.52. The van der Waals surface area contributed by atoms with Gasteiger partial charge in [0.1, 0.15) is 0 Å². The van der Waals surface area contributed by atoms with E-state index in [0.717, 1.165) is 12.8 Å². The Morgan fingerprint density at radius 3 is 2.75 bits per heavy atom. The molecule has 0 bridgehead atoms. The SMILES string of the molecule is CC1(C)CCC(NC(=O)CN)C1. The summed E-state index contributed by atoms with van der Waals surface area (Å²) in [5.41, 5.74) is 5.60. The smallest absolute Gasteiger partial charge is 0.233 e. The van der Waals surface area contributed by atoms with Crippen LogP contribution in [0.1, 0.15) is 33.1 Å². The Labute approximate surface area is 73.7 Å². The Morgan fingerprint density at radius 1 is 1.67 bits per heavy atom. The molecule has 1 saturated carbocycles. The third kappa shape index (κ3) is 2.48. The lowest BCUT2D eigenvalue weighted by Crippen LogP contribution is -2.37. The number of hydrogen-bond donors (Lipinski definition) is 2. The van der Waals surface area contributed by atoms with Gasteiger partial charge in [-0.2, -0.15) is 0 Å². The second-order valence-electron chi connectivity index (χ2n) is 4.38. The molecule has 0 aliphatic heterocycles. The average Bonchev–Trinajstić information content (AvgIpc) is 2.30. The van der Waals surface area contributed by atoms with Crippen molar-refractivity contribution < 1.29 is 4.79 Å². The highest BCUT2D eigenvalue weighted by atomic mass is 16.1. The minimum absolute atomic E-state index is 0.0299. The molecule has 70 valence electrons. The lowest BCUT2D eigenvalue weighted by atomic mass is 9.92. The summed E-state index contributed by atoms with van der Waals surface area (Å²) < 4.78 is 0. The molecule has 0 aromatic heterocycles. The van der Waals surface area contributed by atoms with E-state index in [1.807, 2.05) is 0 Å². The highest BCUT2D eigenvalue weighted by molar-refractivity contribution is 5.78. The number of amides is 1. The molecule has 1 fully saturated rings. The van der Waals surface area contributed by atoms with Crippen molar-refractivity contribution in [2.24, 2.45) is 11.1 Å². The Kier molecular flexibility index (Phi) is 2.73. The molecule has 3 N–H and O–H groups in total. The fraction of sp³-hybridized carbons (Fsp3) is 0.889. The van der Waals surface area contributed by atoms with Crippen molar-refractivity contribution in [3.8, 4) is 0 Å². The van der Waals surface area contributed by atoms with Gasteiger partial charge in [-0.15, -0.1) is 0 Å². The van der Waals surface area contributed by atoms with Crippen LogP contribution in [0.3, 0.4) is 0 Å². The van der Waals surface area contributed by atoms with Gasteiger partial charge in [0.15, 0.2) is 0 Å². The Morgan fingerprint density at radius 2 is 2.33 bits per heavy atom. The Hall–Kier alpha value is -0.570.